The van der Waals surface area contributed by atoms with Crippen molar-refractivity contribution in [2.24, 2.45) is 0 Å². The zero-order chi connectivity index (χ0) is 17.1. The number of carbonyl (C=O) groups is 1. The van der Waals surface area contributed by atoms with Gasteiger partial charge in [0, 0.05) is 37.3 Å². The maximum Gasteiger partial charge on any atom is 0.273 e. The molecule has 6 nitrogen and oxygen atoms in total. The number of carbonyl (C=O) groups excluding carboxylic acids is 1. The van der Waals surface area contributed by atoms with Gasteiger partial charge in [-0.1, -0.05) is 0 Å². The van der Waals surface area contributed by atoms with Gasteiger partial charge in [0.25, 0.3) is 5.91 Å². The van der Waals surface area contributed by atoms with Crippen molar-refractivity contribution in [1.82, 2.24) is 14.9 Å². The van der Waals surface area contributed by atoms with Gasteiger partial charge in [-0.25, -0.2) is 4.98 Å². The number of hydrogen-bond donors (Lipinski definition) is 0. The molecule has 132 valence electrons. The molecule has 2 aromatic rings. The van der Waals surface area contributed by atoms with E-state index in [0.717, 1.165) is 24.8 Å². The fraction of sp³-hybridized carbons (Fsp3) is 0.500. The van der Waals surface area contributed by atoms with E-state index in [1.165, 1.54) is 11.3 Å². The lowest BCUT2D eigenvalue weighted by Crippen LogP contribution is -2.46. The lowest BCUT2D eigenvalue weighted by molar-refractivity contribution is -0.0413. The molecule has 1 spiro atoms. The highest BCUT2D eigenvalue weighted by molar-refractivity contribution is 7.07. The molecule has 0 N–H and O–H groups in total. The minimum atomic E-state index is -0.137. The SMILES string of the molecule is O=C(c1cscn1)N1CCC2(CC1)CC(OCc1ccncc1)CO2. The van der Waals surface area contributed by atoms with E-state index >= 15 is 0 Å². The Morgan fingerprint density at radius 3 is 2.88 bits per heavy atom. The van der Waals surface area contributed by atoms with E-state index in [9.17, 15) is 4.79 Å². The van der Waals surface area contributed by atoms with E-state index in [0.29, 0.717) is 32.0 Å². The smallest absolute Gasteiger partial charge is 0.273 e. The molecule has 2 saturated heterocycles. The Hall–Kier alpha value is -1.83. The van der Waals surface area contributed by atoms with Crippen LogP contribution in [0.1, 0.15) is 35.3 Å². The number of ether oxygens (including phenoxy) is 2. The lowest BCUT2D eigenvalue weighted by atomic mass is 9.88. The zero-order valence-electron chi connectivity index (χ0n) is 14.0. The van der Waals surface area contributed by atoms with E-state index in [4.69, 9.17) is 9.47 Å². The largest absolute Gasteiger partial charge is 0.372 e. The molecular weight excluding hydrogens is 338 g/mol. The summed E-state index contributed by atoms with van der Waals surface area (Å²) in [5, 5.41) is 1.81. The van der Waals surface area contributed by atoms with Gasteiger partial charge in [0.2, 0.25) is 0 Å². The van der Waals surface area contributed by atoms with Crippen LogP contribution in [0.15, 0.2) is 35.4 Å². The quantitative estimate of drug-likeness (QED) is 0.839. The first kappa shape index (κ1) is 16.6. The highest BCUT2D eigenvalue weighted by Crippen LogP contribution is 2.37. The van der Waals surface area contributed by atoms with Crippen LogP contribution in [0.3, 0.4) is 0 Å². The predicted molar refractivity (Wildman–Crippen MR) is 93.4 cm³/mol. The number of amides is 1. The summed E-state index contributed by atoms with van der Waals surface area (Å²) in [4.78, 5) is 22.4. The van der Waals surface area contributed by atoms with Gasteiger partial charge in [-0.05, 0) is 30.5 Å². The average Bonchev–Trinajstić information content (AvgIpc) is 3.32. The van der Waals surface area contributed by atoms with Crippen molar-refractivity contribution in [2.75, 3.05) is 19.7 Å². The molecule has 0 radical (unpaired) electrons. The van der Waals surface area contributed by atoms with Crippen LogP contribution in [0.4, 0.5) is 0 Å². The number of hydrogen-bond acceptors (Lipinski definition) is 6. The molecule has 2 fully saturated rings. The third-order valence-corrected chi connectivity index (χ3v) is 5.61. The molecule has 2 aliphatic rings. The Kier molecular flexibility index (Phi) is 4.78. The first-order chi connectivity index (χ1) is 12.2. The second-order valence-electron chi connectivity index (χ2n) is 6.65. The molecule has 1 unspecified atom stereocenters. The number of piperidine rings is 1. The van der Waals surface area contributed by atoms with Crippen LogP contribution >= 0.6 is 11.3 Å². The summed E-state index contributed by atoms with van der Waals surface area (Å²) in [6.07, 6.45) is 6.29. The molecule has 1 atom stereocenters. The number of thiazole rings is 1. The van der Waals surface area contributed by atoms with Crippen molar-refractivity contribution in [3.63, 3.8) is 0 Å². The number of aromatic nitrogens is 2. The lowest BCUT2D eigenvalue weighted by Gasteiger charge is -2.38. The van der Waals surface area contributed by atoms with E-state index in [-0.39, 0.29) is 17.6 Å². The van der Waals surface area contributed by atoms with Crippen molar-refractivity contribution in [3.8, 4) is 0 Å². The molecule has 1 amide bonds. The summed E-state index contributed by atoms with van der Waals surface area (Å²) in [7, 11) is 0. The van der Waals surface area contributed by atoms with E-state index in [2.05, 4.69) is 9.97 Å². The zero-order valence-corrected chi connectivity index (χ0v) is 14.8. The summed E-state index contributed by atoms with van der Waals surface area (Å²) in [5.41, 5.74) is 3.23. The Morgan fingerprint density at radius 2 is 2.16 bits per heavy atom. The second-order valence-corrected chi connectivity index (χ2v) is 7.37. The number of likely N-dealkylation sites (tertiary alicyclic amines) is 1. The standard InChI is InChI=1S/C18H21N3O3S/c22-17(16-12-25-13-20-16)21-7-3-18(4-8-21)9-15(11-24-18)23-10-14-1-5-19-6-2-14/h1-2,5-6,12-13,15H,3-4,7-11H2. The fourth-order valence-electron chi connectivity index (χ4n) is 3.55. The van der Waals surface area contributed by atoms with Crippen molar-refractivity contribution >= 4 is 17.2 Å². The van der Waals surface area contributed by atoms with Crippen molar-refractivity contribution in [1.29, 1.82) is 0 Å². The number of rotatable bonds is 4. The molecule has 0 saturated carbocycles. The topological polar surface area (TPSA) is 64.6 Å². The van der Waals surface area contributed by atoms with E-state index in [1.54, 1.807) is 17.9 Å². The summed E-state index contributed by atoms with van der Waals surface area (Å²) < 4.78 is 12.1. The second kappa shape index (κ2) is 7.19. The maximum absolute atomic E-state index is 12.4. The van der Waals surface area contributed by atoms with Crippen LogP contribution in [0, 0.1) is 0 Å². The molecule has 2 aliphatic heterocycles. The Balaban J connectivity index is 1.28. The van der Waals surface area contributed by atoms with Crippen LogP contribution in [0.25, 0.3) is 0 Å². The van der Waals surface area contributed by atoms with E-state index in [1.807, 2.05) is 22.4 Å². The fourth-order valence-corrected chi connectivity index (χ4v) is 4.07. The van der Waals surface area contributed by atoms with Crippen LogP contribution < -0.4 is 0 Å². The molecule has 4 rings (SSSR count). The normalized spacial score (nSPS) is 22.4. The minimum Gasteiger partial charge on any atom is -0.372 e. The summed E-state index contributed by atoms with van der Waals surface area (Å²) in [5.74, 6) is 0.0274. The van der Waals surface area contributed by atoms with Gasteiger partial charge < -0.3 is 14.4 Å². The number of nitrogens with zero attached hydrogens (tertiary/aromatic N) is 3. The third kappa shape index (κ3) is 3.73. The molecule has 7 heteroatoms. The van der Waals surface area contributed by atoms with E-state index < -0.39 is 0 Å². The molecule has 25 heavy (non-hydrogen) atoms. The summed E-state index contributed by atoms with van der Waals surface area (Å²) >= 11 is 1.45. The van der Waals surface area contributed by atoms with Crippen molar-refractivity contribution in [2.45, 2.75) is 37.6 Å². The van der Waals surface area contributed by atoms with Gasteiger partial charge in [-0.15, -0.1) is 11.3 Å². The summed E-state index contributed by atoms with van der Waals surface area (Å²) in [6, 6.07) is 3.93. The monoisotopic (exact) mass is 359 g/mol. The van der Waals surface area contributed by atoms with Gasteiger partial charge in [0.15, 0.2) is 0 Å². The maximum atomic E-state index is 12.4. The molecule has 0 aliphatic carbocycles. The van der Waals surface area contributed by atoms with Crippen LogP contribution in [0.2, 0.25) is 0 Å². The van der Waals surface area contributed by atoms with Crippen LogP contribution in [-0.4, -0.2) is 52.2 Å². The molecule has 4 heterocycles. The first-order valence-electron chi connectivity index (χ1n) is 8.56. The highest BCUT2D eigenvalue weighted by Gasteiger charge is 2.44. The van der Waals surface area contributed by atoms with Crippen molar-refractivity contribution < 1.29 is 14.3 Å². The Morgan fingerprint density at radius 1 is 1.36 bits per heavy atom. The minimum absolute atomic E-state index is 0.0274. The van der Waals surface area contributed by atoms with Crippen LogP contribution in [-0.2, 0) is 16.1 Å². The average molecular weight is 359 g/mol. The first-order valence-corrected chi connectivity index (χ1v) is 9.50. The van der Waals surface area contributed by atoms with Crippen LogP contribution in [0.5, 0.6) is 0 Å². The third-order valence-electron chi connectivity index (χ3n) is 5.02. The molecular formula is C18H21N3O3S. The molecule has 0 bridgehead atoms. The van der Waals surface area contributed by atoms with Gasteiger partial charge in [-0.2, -0.15) is 0 Å². The highest BCUT2D eigenvalue weighted by atomic mass is 32.1. The Bertz CT molecular complexity index is 700. The molecule has 2 aromatic heterocycles. The van der Waals surface area contributed by atoms with Crippen molar-refractivity contribution in [3.05, 3.63) is 46.7 Å². The van der Waals surface area contributed by atoms with Gasteiger partial charge >= 0.3 is 0 Å². The van der Waals surface area contributed by atoms with Gasteiger partial charge in [0.1, 0.15) is 5.69 Å². The van der Waals surface area contributed by atoms with Gasteiger partial charge in [0.05, 0.1) is 30.4 Å². The Labute approximate surface area is 150 Å². The predicted octanol–water partition coefficient (Wildman–Crippen LogP) is 2.52. The van der Waals surface area contributed by atoms with Gasteiger partial charge in [-0.3, -0.25) is 9.78 Å². The molecule has 0 aromatic carbocycles. The number of pyridine rings is 1. The summed E-state index contributed by atoms with van der Waals surface area (Å²) in [6.45, 7) is 2.65.